The van der Waals surface area contributed by atoms with Gasteiger partial charge in [-0.15, -0.1) is 0 Å². The lowest BCUT2D eigenvalue weighted by molar-refractivity contribution is -0.121. The summed E-state index contributed by atoms with van der Waals surface area (Å²) in [6, 6.07) is 13.0. The van der Waals surface area contributed by atoms with Gasteiger partial charge < -0.3 is 5.32 Å². The molecule has 122 valence electrons. The van der Waals surface area contributed by atoms with Gasteiger partial charge in [-0.05, 0) is 36.2 Å². The maximum absolute atomic E-state index is 12.1. The quantitative estimate of drug-likeness (QED) is 0.865. The third kappa shape index (κ3) is 4.79. The van der Waals surface area contributed by atoms with Crippen molar-refractivity contribution in [1.82, 2.24) is 5.32 Å². The van der Waals surface area contributed by atoms with Crippen LogP contribution in [0.3, 0.4) is 0 Å². The minimum atomic E-state index is -3.77. The summed E-state index contributed by atoms with van der Waals surface area (Å²) in [5, 5.41) is 8.47. The predicted molar refractivity (Wildman–Crippen MR) is 89.5 cm³/mol. The fraction of sp³-hybridized carbons (Fsp3) is 0.188. The number of halogens is 1. The molecule has 1 atom stereocenters. The number of benzene rings is 2. The van der Waals surface area contributed by atoms with Gasteiger partial charge in [0.05, 0.1) is 17.4 Å². The van der Waals surface area contributed by atoms with E-state index in [1.54, 1.807) is 37.3 Å². The smallest absolute Gasteiger partial charge is 0.238 e. The van der Waals surface area contributed by atoms with Crippen LogP contribution in [0.1, 0.15) is 24.1 Å². The van der Waals surface area contributed by atoms with Crippen LogP contribution in [0.2, 0.25) is 5.02 Å². The molecule has 7 heteroatoms. The number of hydrogen-bond acceptors (Lipinski definition) is 3. The zero-order chi connectivity index (χ0) is 17.0. The minimum absolute atomic E-state index is 0.0159. The molecule has 0 heterocycles. The second-order valence-corrected chi connectivity index (χ2v) is 7.14. The SMILES string of the molecule is C[C@H](NC(=O)Cc1ccccc1Cl)c1cccc(S(N)(=O)=O)c1. The molecule has 0 unspecified atom stereocenters. The highest BCUT2D eigenvalue weighted by molar-refractivity contribution is 7.89. The van der Waals surface area contributed by atoms with Crippen LogP contribution in [0, 0.1) is 0 Å². The zero-order valence-corrected chi connectivity index (χ0v) is 14.1. The predicted octanol–water partition coefficient (Wildman–Crippen LogP) is 2.41. The van der Waals surface area contributed by atoms with E-state index in [0.29, 0.717) is 10.6 Å². The highest BCUT2D eigenvalue weighted by atomic mass is 35.5. The van der Waals surface area contributed by atoms with Gasteiger partial charge in [0.1, 0.15) is 0 Å². The van der Waals surface area contributed by atoms with Gasteiger partial charge in [-0.25, -0.2) is 13.6 Å². The van der Waals surface area contributed by atoms with Crippen molar-refractivity contribution in [1.29, 1.82) is 0 Å². The van der Waals surface area contributed by atoms with Crippen LogP contribution in [-0.2, 0) is 21.2 Å². The van der Waals surface area contributed by atoms with E-state index in [4.69, 9.17) is 16.7 Å². The fourth-order valence-corrected chi connectivity index (χ4v) is 2.92. The standard InChI is InChI=1S/C16H17ClN2O3S/c1-11(12-6-4-7-14(9-12)23(18,21)22)19-16(20)10-13-5-2-3-8-15(13)17/h2-9,11H,10H2,1H3,(H,19,20)(H2,18,21,22)/t11-/m0/s1. The van der Waals surface area contributed by atoms with Gasteiger partial charge in [-0.3, -0.25) is 4.79 Å². The number of nitrogens with two attached hydrogens (primary N) is 1. The Bertz CT molecular complexity index is 822. The van der Waals surface area contributed by atoms with Gasteiger partial charge in [0, 0.05) is 5.02 Å². The summed E-state index contributed by atoms with van der Waals surface area (Å²) in [6.07, 6.45) is 0.152. The van der Waals surface area contributed by atoms with Crippen molar-refractivity contribution in [2.24, 2.45) is 5.14 Å². The second kappa shape index (κ2) is 7.12. The molecule has 0 spiro atoms. The highest BCUT2D eigenvalue weighted by Crippen LogP contribution is 2.18. The Labute approximate surface area is 140 Å². The van der Waals surface area contributed by atoms with Crippen LogP contribution in [0.4, 0.5) is 0 Å². The Morgan fingerprint density at radius 1 is 1.22 bits per heavy atom. The third-order valence-electron chi connectivity index (χ3n) is 3.37. The summed E-state index contributed by atoms with van der Waals surface area (Å²) in [5.74, 6) is -0.202. The third-order valence-corrected chi connectivity index (χ3v) is 4.65. The molecule has 0 saturated heterocycles. The van der Waals surface area contributed by atoms with Gasteiger partial charge in [-0.1, -0.05) is 41.9 Å². The average molecular weight is 353 g/mol. The van der Waals surface area contributed by atoms with Gasteiger partial charge in [-0.2, -0.15) is 0 Å². The molecule has 5 nitrogen and oxygen atoms in total. The van der Waals surface area contributed by atoms with Gasteiger partial charge in [0.25, 0.3) is 0 Å². The molecule has 0 aliphatic carbocycles. The Hall–Kier alpha value is -1.89. The molecule has 1 amide bonds. The molecule has 2 aromatic carbocycles. The first-order valence-corrected chi connectivity index (χ1v) is 8.85. The number of carbonyl (C=O) groups excluding carboxylic acids is 1. The van der Waals surface area contributed by atoms with Gasteiger partial charge >= 0.3 is 0 Å². The Morgan fingerprint density at radius 2 is 1.91 bits per heavy atom. The Morgan fingerprint density at radius 3 is 2.57 bits per heavy atom. The molecular formula is C16H17ClN2O3S. The summed E-state index contributed by atoms with van der Waals surface area (Å²) >= 11 is 6.03. The minimum Gasteiger partial charge on any atom is -0.349 e. The van der Waals surface area contributed by atoms with Crippen molar-refractivity contribution in [2.45, 2.75) is 24.3 Å². The molecule has 0 aliphatic heterocycles. The highest BCUT2D eigenvalue weighted by Gasteiger charge is 2.14. The normalized spacial score (nSPS) is 12.7. The van der Waals surface area contributed by atoms with Crippen LogP contribution in [0.25, 0.3) is 0 Å². The lowest BCUT2D eigenvalue weighted by atomic mass is 10.1. The lowest BCUT2D eigenvalue weighted by Gasteiger charge is -2.15. The van der Waals surface area contributed by atoms with Crippen LogP contribution in [0.15, 0.2) is 53.4 Å². The number of hydrogen-bond donors (Lipinski definition) is 2. The molecule has 0 fully saturated rings. The van der Waals surface area contributed by atoms with Crippen molar-refractivity contribution < 1.29 is 13.2 Å². The number of carbonyl (C=O) groups is 1. The number of nitrogens with one attached hydrogen (secondary N) is 1. The molecule has 2 aromatic rings. The number of primary sulfonamides is 1. The van der Waals surface area contributed by atoms with E-state index >= 15 is 0 Å². The zero-order valence-electron chi connectivity index (χ0n) is 12.5. The van der Waals surface area contributed by atoms with Crippen molar-refractivity contribution in [3.05, 3.63) is 64.7 Å². The van der Waals surface area contributed by atoms with E-state index in [9.17, 15) is 13.2 Å². The second-order valence-electron chi connectivity index (χ2n) is 5.17. The largest absolute Gasteiger partial charge is 0.349 e. The summed E-state index contributed by atoms with van der Waals surface area (Å²) < 4.78 is 22.8. The van der Waals surface area contributed by atoms with E-state index < -0.39 is 10.0 Å². The Balaban J connectivity index is 2.08. The van der Waals surface area contributed by atoms with E-state index in [-0.39, 0.29) is 23.3 Å². The van der Waals surface area contributed by atoms with Crippen LogP contribution in [0.5, 0.6) is 0 Å². The average Bonchev–Trinajstić information content (AvgIpc) is 2.49. The fourth-order valence-electron chi connectivity index (χ4n) is 2.15. The Kier molecular flexibility index (Phi) is 5.41. The first kappa shape index (κ1) is 17.5. The molecular weight excluding hydrogens is 336 g/mol. The molecule has 0 saturated carbocycles. The van der Waals surface area contributed by atoms with E-state index in [0.717, 1.165) is 5.56 Å². The van der Waals surface area contributed by atoms with E-state index in [1.807, 2.05) is 6.07 Å². The monoisotopic (exact) mass is 352 g/mol. The number of rotatable bonds is 5. The molecule has 23 heavy (non-hydrogen) atoms. The summed E-state index contributed by atoms with van der Waals surface area (Å²) in [5.41, 5.74) is 1.39. The van der Waals surface area contributed by atoms with Crippen molar-refractivity contribution in [3.63, 3.8) is 0 Å². The topological polar surface area (TPSA) is 89.3 Å². The maximum atomic E-state index is 12.1. The molecule has 2 rings (SSSR count). The molecule has 0 radical (unpaired) electrons. The van der Waals surface area contributed by atoms with Gasteiger partial charge in [0.15, 0.2) is 0 Å². The van der Waals surface area contributed by atoms with Crippen LogP contribution < -0.4 is 10.5 Å². The van der Waals surface area contributed by atoms with Crippen molar-refractivity contribution in [3.8, 4) is 0 Å². The van der Waals surface area contributed by atoms with Crippen molar-refractivity contribution in [2.75, 3.05) is 0 Å². The van der Waals surface area contributed by atoms with Crippen LogP contribution >= 0.6 is 11.6 Å². The molecule has 3 N–H and O–H groups in total. The first-order valence-electron chi connectivity index (χ1n) is 6.93. The lowest BCUT2D eigenvalue weighted by Crippen LogP contribution is -2.28. The van der Waals surface area contributed by atoms with Crippen LogP contribution in [-0.4, -0.2) is 14.3 Å². The van der Waals surface area contributed by atoms with E-state index in [1.165, 1.54) is 12.1 Å². The number of sulfonamides is 1. The number of amides is 1. The summed E-state index contributed by atoms with van der Waals surface area (Å²) in [7, 11) is -3.77. The molecule has 0 bridgehead atoms. The van der Waals surface area contributed by atoms with Crippen molar-refractivity contribution >= 4 is 27.5 Å². The first-order chi connectivity index (χ1) is 10.8. The molecule has 0 aromatic heterocycles. The summed E-state index contributed by atoms with van der Waals surface area (Å²) in [6.45, 7) is 1.77. The van der Waals surface area contributed by atoms with Gasteiger partial charge in [0.2, 0.25) is 15.9 Å². The maximum Gasteiger partial charge on any atom is 0.238 e. The molecule has 0 aliphatic rings. The summed E-state index contributed by atoms with van der Waals surface area (Å²) in [4.78, 5) is 12.1. The van der Waals surface area contributed by atoms with E-state index in [2.05, 4.69) is 5.32 Å².